The summed E-state index contributed by atoms with van der Waals surface area (Å²) in [5, 5.41) is 12.4. The van der Waals surface area contributed by atoms with E-state index in [2.05, 4.69) is 37.9 Å². The fourth-order valence-electron chi connectivity index (χ4n) is 2.55. The zero-order valence-corrected chi connectivity index (χ0v) is 13.1. The molecule has 0 aromatic heterocycles. The van der Waals surface area contributed by atoms with Crippen LogP contribution in [0.5, 0.6) is 0 Å². The predicted molar refractivity (Wildman–Crippen MR) is 79.4 cm³/mol. The third-order valence-electron chi connectivity index (χ3n) is 3.89. The highest BCUT2D eigenvalue weighted by Crippen LogP contribution is 2.20. The molecule has 2 N–H and O–H groups in total. The van der Waals surface area contributed by atoms with Crippen LogP contribution in [0.2, 0.25) is 0 Å². The fraction of sp³-hybridized carbons (Fsp3) is 1.00. The van der Waals surface area contributed by atoms with Crippen LogP contribution in [0.4, 0.5) is 0 Å². The molecule has 114 valence electrons. The van der Waals surface area contributed by atoms with Crippen LogP contribution in [-0.2, 0) is 4.74 Å². The lowest BCUT2D eigenvalue weighted by molar-refractivity contribution is -0.0378. The van der Waals surface area contributed by atoms with Crippen molar-refractivity contribution >= 4 is 0 Å². The Balaban J connectivity index is 2.21. The molecular weight excluding hydrogens is 240 g/mol. The summed E-state index contributed by atoms with van der Waals surface area (Å²) in [6, 6.07) is 0.604. The van der Waals surface area contributed by atoms with Crippen molar-refractivity contribution in [2.45, 2.75) is 52.7 Å². The molecule has 1 heterocycles. The molecule has 0 aromatic rings. The molecule has 1 rings (SSSR count). The highest BCUT2D eigenvalue weighted by atomic mass is 16.5. The summed E-state index contributed by atoms with van der Waals surface area (Å²) in [4.78, 5) is 2.48. The number of ether oxygens (including phenoxy) is 1. The number of nitrogens with zero attached hydrogens (tertiary/aromatic N) is 1. The van der Waals surface area contributed by atoms with E-state index in [1.165, 1.54) is 0 Å². The smallest absolute Gasteiger partial charge is 0.0826 e. The SMILES string of the molecule is CC(C)N1CCOC(CNCC(C)(C)CCCO)C1. The Morgan fingerprint density at radius 1 is 1.42 bits per heavy atom. The van der Waals surface area contributed by atoms with E-state index in [-0.39, 0.29) is 5.41 Å². The molecule has 0 aliphatic carbocycles. The maximum Gasteiger partial charge on any atom is 0.0826 e. The summed E-state index contributed by atoms with van der Waals surface area (Å²) in [6.45, 7) is 14.1. The summed E-state index contributed by atoms with van der Waals surface area (Å²) < 4.78 is 5.81. The fourth-order valence-corrected chi connectivity index (χ4v) is 2.55. The van der Waals surface area contributed by atoms with E-state index in [0.717, 1.165) is 45.6 Å². The van der Waals surface area contributed by atoms with Crippen LogP contribution in [0.1, 0.15) is 40.5 Å². The third-order valence-corrected chi connectivity index (χ3v) is 3.89. The van der Waals surface area contributed by atoms with Gasteiger partial charge in [-0.25, -0.2) is 0 Å². The maximum atomic E-state index is 8.89. The number of rotatable bonds is 8. The number of aliphatic hydroxyl groups is 1. The Labute approximate surface area is 118 Å². The Morgan fingerprint density at radius 2 is 2.16 bits per heavy atom. The molecule has 1 saturated heterocycles. The lowest BCUT2D eigenvalue weighted by Gasteiger charge is -2.36. The van der Waals surface area contributed by atoms with E-state index in [0.29, 0.717) is 18.8 Å². The van der Waals surface area contributed by atoms with Gasteiger partial charge in [0.05, 0.1) is 12.7 Å². The normalized spacial score (nSPS) is 22.1. The first-order chi connectivity index (χ1) is 8.94. The standard InChI is InChI=1S/C15H32N2O2/c1-13(2)17-7-9-19-14(11-17)10-16-12-15(3,4)6-5-8-18/h13-14,16,18H,5-12H2,1-4H3. The molecule has 0 radical (unpaired) electrons. The molecule has 1 aliphatic rings. The first-order valence-corrected chi connectivity index (χ1v) is 7.62. The largest absolute Gasteiger partial charge is 0.396 e. The van der Waals surface area contributed by atoms with Crippen LogP contribution >= 0.6 is 0 Å². The van der Waals surface area contributed by atoms with Crippen LogP contribution in [0.15, 0.2) is 0 Å². The Morgan fingerprint density at radius 3 is 2.79 bits per heavy atom. The predicted octanol–water partition coefficient (Wildman–Crippen LogP) is 1.48. The second kappa shape index (κ2) is 8.20. The third kappa shape index (κ3) is 6.70. The van der Waals surface area contributed by atoms with Gasteiger partial charge in [0.2, 0.25) is 0 Å². The molecule has 1 unspecified atom stereocenters. The molecule has 1 aliphatic heterocycles. The molecule has 4 nitrogen and oxygen atoms in total. The van der Waals surface area contributed by atoms with Gasteiger partial charge in [0, 0.05) is 38.8 Å². The molecule has 0 spiro atoms. The van der Waals surface area contributed by atoms with Crippen LogP contribution in [0.25, 0.3) is 0 Å². The summed E-state index contributed by atoms with van der Waals surface area (Å²) in [7, 11) is 0. The molecule has 4 heteroatoms. The highest BCUT2D eigenvalue weighted by Gasteiger charge is 2.23. The van der Waals surface area contributed by atoms with Gasteiger partial charge in [-0.1, -0.05) is 13.8 Å². The Kier molecular flexibility index (Phi) is 7.29. The van der Waals surface area contributed by atoms with Crippen molar-refractivity contribution in [3.8, 4) is 0 Å². The number of morpholine rings is 1. The zero-order chi connectivity index (χ0) is 14.3. The quantitative estimate of drug-likeness (QED) is 0.702. The summed E-state index contributed by atoms with van der Waals surface area (Å²) in [5.74, 6) is 0. The molecule has 1 fully saturated rings. The molecular formula is C15H32N2O2. The van der Waals surface area contributed by atoms with Gasteiger partial charge in [0.1, 0.15) is 0 Å². The average Bonchev–Trinajstić information content (AvgIpc) is 2.36. The monoisotopic (exact) mass is 272 g/mol. The maximum absolute atomic E-state index is 8.89. The lowest BCUT2D eigenvalue weighted by Crippen LogP contribution is -2.49. The topological polar surface area (TPSA) is 44.7 Å². The van der Waals surface area contributed by atoms with Gasteiger partial charge in [0.15, 0.2) is 0 Å². The van der Waals surface area contributed by atoms with Crippen molar-refractivity contribution in [2.24, 2.45) is 5.41 Å². The van der Waals surface area contributed by atoms with E-state index < -0.39 is 0 Å². The van der Waals surface area contributed by atoms with E-state index in [4.69, 9.17) is 9.84 Å². The summed E-state index contributed by atoms with van der Waals surface area (Å²) in [5.41, 5.74) is 0.245. The van der Waals surface area contributed by atoms with Crippen molar-refractivity contribution in [1.29, 1.82) is 0 Å². The van der Waals surface area contributed by atoms with Crippen LogP contribution in [-0.4, -0.2) is 61.5 Å². The molecule has 0 amide bonds. The van der Waals surface area contributed by atoms with E-state index in [9.17, 15) is 0 Å². The second-order valence-electron chi connectivity index (χ2n) is 6.70. The van der Waals surface area contributed by atoms with Crippen molar-refractivity contribution in [3.63, 3.8) is 0 Å². The van der Waals surface area contributed by atoms with E-state index >= 15 is 0 Å². The molecule has 0 bridgehead atoms. The number of nitrogens with one attached hydrogen (secondary N) is 1. The highest BCUT2D eigenvalue weighted by molar-refractivity contribution is 4.78. The minimum absolute atomic E-state index is 0.245. The second-order valence-corrected chi connectivity index (χ2v) is 6.70. The average molecular weight is 272 g/mol. The van der Waals surface area contributed by atoms with Crippen molar-refractivity contribution in [3.05, 3.63) is 0 Å². The van der Waals surface area contributed by atoms with Gasteiger partial charge >= 0.3 is 0 Å². The van der Waals surface area contributed by atoms with Crippen LogP contribution < -0.4 is 5.32 Å². The van der Waals surface area contributed by atoms with Gasteiger partial charge in [-0.15, -0.1) is 0 Å². The lowest BCUT2D eigenvalue weighted by atomic mass is 9.88. The van der Waals surface area contributed by atoms with Crippen molar-refractivity contribution < 1.29 is 9.84 Å². The van der Waals surface area contributed by atoms with Crippen molar-refractivity contribution in [1.82, 2.24) is 10.2 Å². The van der Waals surface area contributed by atoms with Crippen LogP contribution in [0, 0.1) is 5.41 Å². The minimum Gasteiger partial charge on any atom is -0.396 e. The molecule has 19 heavy (non-hydrogen) atoms. The summed E-state index contributed by atoms with van der Waals surface area (Å²) in [6.07, 6.45) is 2.25. The van der Waals surface area contributed by atoms with Crippen LogP contribution in [0.3, 0.4) is 0 Å². The first kappa shape index (κ1) is 16.9. The van der Waals surface area contributed by atoms with E-state index in [1.54, 1.807) is 0 Å². The molecule has 1 atom stereocenters. The Hall–Kier alpha value is -0.160. The van der Waals surface area contributed by atoms with Gasteiger partial charge in [-0.2, -0.15) is 0 Å². The van der Waals surface area contributed by atoms with E-state index in [1.807, 2.05) is 0 Å². The summed E-state index contributed by atoms with van der Waals surface area (Å²) >= 11 is 0. The minimum atomic E-state index is 0.245. The first-order valence-electron chi connectivity index (χ1n) is 7.62. The number of hydrogen-bond donors (Lipinski definition) is 2. The zero-order valence-electron chi connectivity index (χ0n) is 13.1. The van der Waals surface area contributed by atoms with Gasteiger partial charge in [0.25, 0.3) is 0 Å². The van der Waals surface area contributed by atoms with Gasteiger partial charge < -0.3 is 15.2 Å². The van der Waals surface area contributed by atoms with Gasteiger partial charge in [-0.05, 0) is 32.1 Å². The Bertz CT molecular complexity index is 244. The van der Waals surface area contributed by atoms with Crippen molar-refractivity contribution in [2.75, 3.05) is 39.4 Å². The van der Waals surface area contributed by atoms with Gasteiger partial charge in [-0.3, -0.25) is 4.90 Å². The number of hydrogen-bond acceptors (Lipinski definition) is 4. The molecule has 0 saturated carbocycles. The number of aliphatic hydroxyl groups excluding tert-OH is 1. The molecule has 0 aromatic carbocycles.